The first-order chi connectivity index (χ1) is 8.79. The third kappa shape index (κ3) is 2.34. The molecule has 0 aliphatic carbocycles. The molecule has 3 rings (SSSR count). The Hall–Kier alpha value is -0.800. The normalized spacial score (nSPS) is 28.6. The maximum Gasteiger partial charge on any atom is 0.147 e. The van der Waals surface area contributed by atoms with Gasteiger partial charge >= 0.3 is 0 Å². The van der Waals surface area contributed by atoms with Crippen molar-refractivity contribution in [2.24, 2.45) is 5.41 Å². The Morgan fingerprint density at radius 3 is 3.00 bits per heavy atom. The van der Waals surface area contributed by atoms with Crippen LogP contribution in [0.3, 0.4) is 0 Å². The molecule has 3 heterocycles. The van der Waals surface area contributed by atoms with Crippen LogP contribution in [0.25, 0.3) is 0 Å². The van der Waals surface area contributed by atoms with E-state index in [-0.39, 0.29) is 0 Å². The van der Waals surface area contributed by atoms with Crippen LogP contribution in [0.4, 0.5) is 5.82 Å². The number of piperidine rings is 2. The number of rotatable bonds is 1. The van der Waals surface area contributed by atoms with Crippen LogP contribution in [-0.4, -0.2) is 31.2 Å². The highest BCUT2D eigenvalue weighted by Crippen LogP contribution is 2.38. The molecule has 3 nitrogen and oxygen atoms in total. The van der Waals surface area contributed by atoms with Crippen molar-refractivity contribution >= 4 is 17.4 Å². The molecule has 1 N–H and O–H groups in total. The molecule has 1 spiro atoms. The molecule has 2 saturated heterocycles. The van der Waals surface area contributed by atoms with Gasteiger partial charge in [0.15, 0.2) is 0 Å². The Bertz CT molecular complexity index is 410. The number of halogens is 1. The van der Waals surface area contributed by atoms with Crippen LogP contribution < -0.4 is 10.2 Å². The third-order valence-electron chi connectivity index (χ3n) is 4.26. The minimum atomic E-state index is 0.442. The summed E-state index contributed by atoms with van der Waals surface area (Å²) in [6.07, 6.45) is 7.04. The Labute approximate surface area is 114 Å². The van der Waals surface area contributed by atoms with E-state index in [4.69, 9.17) is 11.6 Å². The highest BCUT2D eigenvalue weighted by molar-refractivity contribution is 6.32. The number of nitrogens with one attached hydrogen (secondary N) is 1. The van der Waals surface area contributed by atoms with E-state index < -0.39 is 0 Å². The summed E-state index contributed by atoms with van der Waals surface area (Å²) >= 11 is 6.27. The summed E-state index contributed by atoms with van der Waals surface area (Å²) in [7, 11) is 0. The molecule has 0 aromatic carbocycles. The molecule has 1 unspecified atom stereocenters. The van der Waals surface area contributed by atoms with Gasteiger partial charge in [-0.2, -0.15) is 0 Å². The van der Waals surface area contributed by atoms with Crippen LogP contribution >= 0.6 is 11.6 Å². The molecule has 2 aliphatic rings. The summed E-state index contributed by atoms with van der Waals surface area (Å²) in [6, 6.07) is 3.83. The van der Waals surface area contributed by atoms with Crippen LogP contribution in [0.5, 0.6) is 0 Å². The Morgan fingerprint density at radius 2 is 2.22 bits per heavy atom. The predicted molar refractivity (Wildman–Crippen MR) is 75.2 cm³/mol. The highest BCUT2D eigenvalue weighted by atomic mass is 35.5. The van der Waals surface area contributed by atoms with Crippen molar-refractivity contribution in [3.63, 3.8) is 0 Å². The molecule has 2 fully saturated rings. The monoisotopic (exact) mass is 265 g/mol. The Balaban J connectivity index is 1.80. The lowest BCUT2D eigenvalue weighted by molar-refractivity contribution is 0.173. The van der Waals surface area contributed by atoms with Crippen molar-refractivity contribution in [3.8, 4) is 0 Å². The average Bonchev–Trinajstić information content (AvgIpc) is 2.40. The van der Waals surface area contributed by atoms with Gasteiger partial charge in [0, 0.05) is 31.2 Å². The number of hydrogen-bond acceptors (Lipinski definition) is 3. The average molecular weight is 266 g/mol. The SMILES string of the molecule is Clc1cccnc1N1CCCC2(CCCNC2)C1. The van der Waals surface area contributed by atoms with Gasteiger partial charge in [0.2, 0.25) is 0 Å². The molecule has 1 aromatic rings. The first-order valence-electron chi connectivity index (χ1n) is 6.85. The van der Waals surface area contributed by atoms with Crippen LogP contribution in [0, 0.1) is 5.41 Å². The number of pyridine rings is 1. The second kappa shape index (κ2) is 5.06. The maximum atomic E-state index is 6.27. The summed E-state index contributed by atoms with van der Waals surface area (Å²) < 4.78 is 0. The van der Waals surface area contributed by atoms with E-state index in [2.05, 4.69) is 15.2 Å². The molecule has 0 bridgehead atoms. The van der Waals surface area contributed by atoms with E-state index in [1.807, 2.05) is 18.3 Å². The van der Waals surface area contributed by atoms with Gasteiger partial charge in [-0.1, -0.05) is 11.6 Å². The fourth-order valence-corrected chi connectivity index (χ4v) is 3.62. The van der Waals surface area contributed by atoms with Gasteiger partial charge in [0.1, 0.15) is 5.82 Å². The molecule has 1 atom stereocenters. The zero-order valence-corrected chi connectivity index (χ0v) is 11.4. The third-order valence-corrected chi connectivity index (χ3v) is 4.56. The van der Waals surface area contributed by atoms with Crippen molar-refractivity contribution in [1.82, 2.24) is 10.3 Å². The standard InChI is InChI=1S/C14H20ClN3/c15-12-4-1-8-17-13(12)18-9-3-6-14(11-18)5-2-7-16-10-14/h1,4,8,16H,2-3,5-7,9-11H2. The first-order valence-corrected chi connectivity index (χ1v) is 7.23. The molecule has 2 aliphatic heterocycles. The first kappa shape index (κ1) is 12.2. The van der Waals surface area contributed by atoms with Crippen molar-refractivity contribution in [2.45, 2.75) is 25.7 Å². The fraction of sp³-hybridized carbons (Fsp3) is 0.643. The summed E-state index contributed by atoms with van der Waals surface area (Å²) in [5.74, 6) is 0.962. The molecular formula is C14H20ClN3. The molecule has 0 saturated carbocycles. The zero-order valence-electron chi connectivity index (χ0n) is 10.7. The number of anilines is 1. The Morgan fingerprint density at radius 1 is 1.33 bits per heavy atom. The summed E-state index contributed by atoms with van der Waals surface area (Å²) in [5.41, 5.74) is 0.442. The largest absolute Gasteiger partial charge is 0.355 e. The van der Waals surface area contributed by atoms with Crippen LogP contribution in [0.15, 0.2) is 18.3 Å². The van der Waals surface area contributed by atoms with Gasteiger partial charge in [-0.25, -0.2) is 4.98 Å². The number of hydrogen-bond donors (Lipinski definition) is 1. The second-order valence-electron chi connectivity index (χ2n) is 5.61. The summed E-state index contributed by atoms with van der Waals surface area (Å²) in [6.45, 7) is 4.50. The molecule has 4 heteroatoms. The van der Waals surface area contributed by atoms with E-state index in [0.29, 0.717) is 5.41 Å². The van der Waals surface area contributed by atoms with E-state index in [1.165, 1.54) is 32.2 Å². The van der Waals surface area contributed by atoms with Gasteiger partial charge in [0.25, 0.3) is 0 Å². The smallest absolute Gasteiger partial charge is 0.147 e. The lowest BCUT2D eigenvalue weighted by Crippen LogP contribution is -2.51. The van der Waals surface area contributed by atoms with Crippen molar-refractivity contribution in [2.75, 3.05) is 31.1 Å². The van der Waals surface area contributed by atoms with Gasteiger partial charge in [-0.3, -0.25) is 0 Å². The number of nitrogens with zero attached hydrogens (tertiary/aromatic N) is 2. The molecule has 18 heavy (non-hydrogen) atoms. The number of aromatic nitrogens is 1. The molecule has 98 valence electrons. The lowest BCUT2D eigenvalue weighted by Gasteiger charge is -2.46. The van der Waals surface area contributed by atoms with Crippen molar-refractivity contribution in [1.29, 1.82) is 0 Å². The van der Waals surface area contributed by atoms with E-state index in [9.17, 15) is 0 Å². The van der Waals surface area contributed by atoms with Crippen LogP contribution in [-0.2, 0) is 0 Å². The van der Waals surface area contributed by atoms with Crippen molar-refractivity contribution in [3.05, 3.63) is 23.4 Å². The zero-order chi connectivity index (χ0) is 12.4. The van der Waals surface area contributed by atoms with E-state index in [0.717, 1.165) is 30.5 Å². The fourth-order valence-electron chi connectivity index (χ4n) is 3.38. The molecular weight excluding hydrogens is 246 g/mol. The van der Waals surface area contributed by atoms with Crippen LogP contribution in [0.2, 0.25) is 5.02 Å². The maximum absolute atomic E-state index is 6.27. The van der Waals surface area contributed by atoms with E-state index >= 15 is 0 Å². The second-order valence-corrected chi connectivity index (χ2v) is 6.02. The topological polar surface area (TPSA) is 28.2 Å². The molecule has 0 radical (unpaired) electrons. The van der Waals surface area contributed by atoms with Gasteiger partial charge in [-0.15, -0.1) is 0 Å². The minimum Gasteiger partial charge on any atom is -0.355 e. The molecule has 0 amide bonds. The van der Waals surface area contributed by atoms with Gasteiger partial charge in [-0.05, 0) is 44.4 Å². The van der Waals surface area contributed by atoms with Crippen molar-refractivity contribution < 1.29 is 0 Å². The summed E-state index contributed by atoms with van der Waals surface area (Å²) in [4.78, 5) is 6.83. The van der Waals surface area contributed by atoms with Crippen LogP contribution in [0.1, 0.15) is 25.7 Å². The quantitative estimate of drug-likeness (QED) is 0.846. The summed E-state index contributed by atoms with van der Waals surface area (Å²) in [5, 5.41) is 4.33. The van der Waals surface area contributed by atoms with E-state index in [1.54, 1.807) is 0 Å². The van der Waals surface area contributed by atoms with Gasteiger partial charge in [0.05, 0.1) is 5.02 Å². The molecule has 1 aromatic heterocycles. The predicted octanol–water partition coefficient (Wildman–Crippen LogP) is 2.71. The minimum absolute atomic E-state index is 0.442. The van der Waals surface area contributed by atoms with Gasteiger partial charge < -0.3 is 10.2 Å². The Kier molecular flexibility index (Phi) is 3.44. The highest BCUT2D eigenvalue weighted by Gasteiger charge is 2.37. The lowest BCUT2D eigenvalue weighted by atomic mass is 9.74.